The van der Waals surface area contributed by atoms with E-state index in [1.54, 1.807) is 36.4 Å². The van der Waals surface area contributed by atoms with Gasteiger partial charge in [-0.3, -0.25) is 4.31 Å². The Labute approximate surface area is 153 Å². The SMILES string of the molecule is COc1ccccc1NC(=O)Nc1cc(N2CCCS2(=O)=O)ccc1C. The molecule has 8 heteroatoms. The van der Waals surface area contributed by atoms with Crippen LogP contribution in [-0.2, 0) is 10.0 Å². The molecule has 0 radical (unpaired) electrons. The summed E-state index contributed by atoms with van der Waals surface area (Å²) in [4.78, 5) is 12.4. The van der Waals surface area contributed by atoms with Crippen molar-refractivity contribution in [3.05, 3.63) is 48.0 Å². The van der Waals surface area contributed by atoms with Crippen molar-refractivity contribution in [2.24, 2.45) is 0 Å². The van der Waals surface area contributed by atoms with E-state index < -0.39 is 16.1 Å². The highest BCUT2D eigenvalue weighted by molar-refractivity contribution is 7.93. The van der Waals surface area contributed by atoms with Crippen molar-refractivity contribution in [1.82, 2.24) is 0 Å². The standard InChI is InChI=1S/C18H21N3O4S/c1-13-8-9-14(21-10-5-11-26(21,23)24)12-16(13)20-18(22)19-15-6-3-4-7-17(15)25-2/h3-4,6-9,12H,5,10-11H2,1-2H3,(H2,19,20,22). The summed E-state index contributed by atoms with van der Waals surface area (Å²) in [5.74, 6) is 0.703. The fourth-order valence-corrected chi connectivity index (χ4v) is 4.41. The van der Waals surface area contributed by atoms with Crippen molar-refractivity contribution in [3.63, 3.8) is 0 Å². The number of para-hydroxylation sites is 2. The van der Waals surface area contributed by atoms with Gasteiger partial charge in [-0.25, -0.2) is 13.2 Å². The van der Waals surface area contributed by atoms with Gasteiger partial charge in [0, 0.05) is 12.2 Å². The normalized spacial score (nSPS) is 15.5. The first-order valence-corrected chi connectivity index (χ1v) is 9.84. The van der Waals surface area contributed by atoms with Crippen LogP contribution in [-0.4, -0.2) is 33.9 Å². The molecule has 0 aromatic heterocycles. The quantitative estimate of drug-likeness (QED) is 0.859. The highest BCUT2D eigenvalue weighted by Crippen LogP contribution is 2.29. The third-order valence-electron chi connectivity index (χ3n) is 4.21. The van der Waals surface area contributed by atoms with Crippen LogP contribution >= 0.6 is 0 Å². The Hall–Kier alpha value is -2.74. The van der Waals surface area contributed by atoms with Gasteiger partial charge < -0.3 is 15.4 Å². The molecule has 0 atom stereocenters. The van der Waals surface area contributed by atoms with Crippen LogP contribution in [0, 0.1) is 6.92 Å². The first-order chi connectivity index (χ1) is 12.4. The van der Waals surface area contributed by atoms with Crippen LogP contribution in [0.3, 0.4) is 0 Å². The molecule has 0 saturated carbocycles. The summed E-state index contributed by atoms with van der Waals surface area (Å²) < 4.78 is 30.8. The second-order valence-electron chi connectivity index (χ2n) is 6.02. The molecule has 3 rings (SSSR count). The highest BCUT2D eigenvalue weighted by Gasteiger charge is 2.28. The number of amides is 2. The van der Waals surface area contributed by atoms with Crippen molar-refractivity contribution in [1.29, 1.82) is 0 Å². The van der Waals surface area contributed by atoms with E-state index in [0.717, 1.165) is 5.56 Å². The number of hydrogen-bond acceptors (Lipinski definition) is 4. The van der Waals surface area contributed by atoms with Crippen LogP contribution in [0.2, 0.25) is 0 Å². The predicted molar refractivity (Wildman–Crippen MR) is 103 cm³/mol. The number of ether oxygens (including phenoxy) is 1. The second kappa shape index (κ2) is 7.25. The minimum atomic E-state index is -3.27. The van der Waals surface area contributed by atoms with Gasteiger partial charge in [-0.15, -0.1) is 0 Å². The number of carbonyl (C=O) groups excluding carboxylic acids is 1. The van der Waals surface area contributed by atoms with E-state index >= 15 is 0 Å². The first-order valence-electron chi connectivity index (χ1n) is 8.23. The van der Waals surface area contributed by atoms with E-state index in [2.05, 4.69) is 10.6 Å². The summed E-state index contributed by atoms with van der Waals surface area (Å²) in [5, 5.41) is 5.51. The van der Waals surface area contributed by atoms with Crippen molar-refractivity contribution in [2.45, 2.75) is 13.3 Å². The average molecular weight is 375 g/mol. The van der Waals surface area contributed by atoms with Crippen LogP contribution in [0.5, 0.6) is 5.75 Å². The van der Waals surface area contributed by atoms with Gasteiger partial charge >= 0.3 is 6.03 Å². The summed E-state index contributed by atoms with van der Waals surface area (Å²) in [7, 11) is -1.74. The maximum Gasteiger partial charge on any atom is 0.323 e. The minimum Gasteiger partial charge on any atom is -0.495 e. The smallest absolute Gasteiger partial charge is 0.323 e. The van der Waals surface area contributed by atoms with E-state index in [1.807, 2.05) is 13.0 Å². The number of carbonyl (C=O) groups is 1. The predicted octanol–water partition coefficient (Wildman–Crippen LogP) is 3.19. The van der Waals surface area contributed by atoms with E-state index in [9.17, 15) is 13.2 Å². The fourth-order valence-electron chi connectivity index (χ4n) is 2.85. The third kappa shape index (κ3) is 3.75. The molecule has 1 heterocycles. The lowest BCUT2D eigenvalue weighted by molar-refractivity contribution is 0.262. The van der Waals surface area contributed by atoms with Crippen LogP contribution in [0.4, 0.5) is 21.9 Å². The average Bonchev–Trinajstić information content (AvgIpc) is 2.96. The highest BCUT2D eigenvalue weighted by atomic mass is 32.2. The number of sulfonamides is 1. The van der Waals surface area contributed by atoms with Gasteiger partial charge in [0.1, 0.15) is 5.75 Å². The lowest BCUT2D eigenvalue weighted by Crippen LogP contribution is -2.25. The van der Waals surface area contributed by atoms with Gasteiger partial charge in [-0.1, -0.05) is 18.2 Å². The van der Waals surface area contributed by atoms with Gasteiger partial charge in [-0.05, 0) is 43.2 Å². The van der Waals surface area contributed by atoms with Crippen molar-refractivity contribution < 1.29 is 17.9 Å². The van der Waals surface area contributed by atoms with Gasteiger partial charge in [0.25, 0.3) is 0 Å². The van der Waals surface area contributed by atoms with Crippen molar-refractivity contribution >= 4 is 33.1 Å². The zero-order valence-electron chi connectivity index (χ0n) is 14.7. The number of aryl methyl sites for hydroxylation is 1. The number of urea groups is 1. The molecular weight excluding hydrogens is 354 g/mol. The Balaban J connectivity index is 1.79. The molecule has 2 amide bonds. The molecule has 1 fully saturated rings. The molecule has 2 aromatic carbocycles. The number of anilines is 3. The number of nitrogens with one attached hydrogen (secondary N) is 2. The monoisotopic (exact) mass is 375 g/mol. The van der Waals surface area contributed by atoms with Crippen molar-refractivity contribution in [3.8, 4) is 5.75 Å². The summed E-state index contributed by atoms with van der Waals surface area (Å²) in [6, 6.07) is 11.9. The summed E-state index contributed by atoms with van der Waals surface area (Å²) in [6.45, 7) is 2.30. The molecule has 7 nitrogen and oxygen atoms in total. The summed E-state index contributed by atoms with van der Waals surface area (Å²) in [5.41, 5.74) is 2.49. The number of benzene rings is 2. The molecule has 0 unspecified atom stereocenters. The first kappa shape index (κ1) is 18.1. The molecule has 26 heavy (non-hydrogen) atoms. The summed E-state index contributed by atoms with van der Waals surface area (Å²) >= 11 is 0. The molecule has 0 bridgehead atoms. The zero-order chi connectivity index (χ0) is 18.7. The largest absolute Gasteiger partial charge is 0.495 e. The van der Waals surface area contributed by atoms with Crippen LogP contribution in [0.25, 0.3) is 0 Å². The Morgan fingerprint density at radius 1 is 1.12 bits per heavy atom. The van der Waals surface area contributed by atoms with Gasteiger partial charge in [0.05, 0.1) is 24.2 Å². The maximum atomic E-state index is 12.4. The van der Waals surface area contributed by atoms with Crippen molar-refractivity contribution in [2.75, 3.05) is 34.3 Å². The summed E-state index contributed by atoms with van der Waals surface area (Å²) in [6.07, 6.45) is 0.604. The Morgan fingerprint density at radius 2 is 1.85 bits per heavy atom. The van der Waals surface area contributed by atoms with E-state index in [1.165, 1.54) is 11.4 Å². The molecule has 2 N–H and O–H groups in total. The zero-order valence-corrected chi connectivity index (χ0v) is 15.5. The third-order valence-corrected chi connectivity index (χ3v) is 6.08. The molecule has 0 spiro atoms. The van der Waals surface area contributed by atoms with E-state index in [0.29, 0.717) is 35.8 Å². The van der Waals surface area contributed by atoms with E-state index in [4.69, 9.17) is 4.74 Å². The molecule has 1 aliphatic rings. The van der Waals surface area contributed by atoms with Crippen LogP contribution in [0.15, 0.2) is 42.5 Å². The molecule has 1 saturated heterocycles. The molecule has 1 aliphatic heterocycles. The second-order valence-corrected chi connectivity index (χ2v) is 8.03. The molecular formula is C18H21N3O4S. The number of methoxy groups -OCH3 is 1. The number of hydrogen-bond donors (Lipinski definition) is 2. The number of nitrogens with zero attached hydrogens (tertiary/aromatic N) is 1. The lowest BCUT2D eigenvalue weighted by atomic mass is 10.2. The van der Waals surface area contributed by atoms with Crippen LogP contribution in [0.1, 0.15) is 12.0 Å². The lowest BCUT2D eigenvalue weighted by Gasteiger charge is -2.19. The van der Waals surface area contributed by atoms with Gasteiger partial charge in [-0.2, -0.15) is 0 Å². The fraction of sp³-hybridized carbons (Fsp3) is 0.278. The van der Waals surface area contributed by atoms with Crippen LogP contribution < -0.4 is 19.7 Å². The molecule has 138 valence electrons. The van der Waals surface area contributed by atoms with Gasteiger partial charge in [0.15, 0.2) is 0 Å². The molecule has 0 aliphatic carbocycles. The topological polar surface area (TPSA) is 87.7 Å². The van der Waals surface area contributed by atoms with Gasteiger partial charge in [0.2, 0.25) is 10.0 Å². The van der Waals surface area contributed by atoms with E-state index in [-0.39, 0.29) is 5.75 Å². The Morgan fingerprint density at radius 3 is 2.54 bits per heavy atom. The number of rotatable bonds is 4. The Bertz CT molecular complexity index is 928. The molecule has 2 aromatic rings. The Kier molecular flexibility index (Phi) is 5.03. The maximum absolute atomic E-state index is 12.4. The minimum absolute atomic E-state index is 0.151.